The Hall–Kier alpha value is -2.25. The van der Waals surface area contributed by atoms with E-state index in [0.717, 1.165) is 11.0 Å². The summed E-state index contributed by atoms with van der Waals surface area (Å²) < 4.78 is 39.1. The summed E-state index contributed by atoms with van der Waals surface area (Å²) in [6.07, 6.45) is -4.50. The van der Waals surface area contributed by atoms with E-state index in [1.165, 1.54) is 25.2 Å². The molecule has 0 aliphatic carbocycles. The van der Waals surface area contributed by atoms with Crippen LogP contribution in [-0.2, 0) is 17.5 Å². The summed E-state index contributed by atoms with van der Waals surface area (Å²) in [6, 6.07) is 3.24. The van der Waals surface area contributed by atoms with E-state index in [-0.39, 0.29) is 12.1 Å². The molecule has 0 radical (unpaired) electrons. The summed E-state index contributed by atoms with van der Waals surface area (Å²) in [5, 5.41) is 2.36. The lowest BCUT2D eigenvalue weighted by atomic mass is 9.85. The first kappa shape index (κ1) is 19.8. The highest BCUT2D eigenvalue weighted by atomic mass is 19.4. The molecule has 0 heterocycles. The third-order valence-electron chi connectivity index (χ3n) is 3.51. The lowest BCUT2D eigenvalue weighted by Gasteiger charge is -2.33. The van der Waals surface area contributed by atoms with E-state index in [4.69, 9.17) is 5.73 Å². The minimum atomic E-state index is -4.50. The second-order valence-electron chi connectivity index (χ2n) is 6.66. The SMILES string of the molecule is CN(Cc1ccccc1C(F)(F)F)C(=O)[C@H](NC(N)=O)C(C)(C)C. The fourth-order valence-corrected chi connectivity index (χ4v) is 2.28. The summed E-state index contributed by atoms with van der Waals surface area (Å²) in [5.74, 6) is -0.515. The minimum absolute atomic E-state index is 0.0208. The Balaban J connectivity index is 3.04. The maximum absolute atomic E-state index is 13.0. The lowest BCUT2D eigenvalue weighted by Crippen LogP contribution is -2.55. The maximum atomic E-state index is 13.0. The fourth-order valence-electron chi connectivity index (χ4n) is 2.28. The van der Waals surface area contributed by atoms with Crippen LogP contribution in [-0.4, -0.2) is 29.9 Å². The van der Waals surface area contributed by atoms with Crippen molar-refractivity contribution in [1.29, 1.82) is 0 Å². The van der Waals surface area contributed by atoms with Crippen molar-refractivity contribution in [3.05, 3.63) is 35.4 Å². The van der Waals surface area contributed by atoms with Crippen molar-refractivity contribution in [3.8, 4) is 0 Å². The number of primary amides is 1. The van der Waals surface area contributed by atoms with Gasteiger partial charge in [0.05, 0.1) is 5.56 Å². The molecule has 0 aliphatic rings. The Bertz CT molecular complexity index is 609. The molecule has 3 N–H and O–H groups in total. The summed E-state index contributed by atoms with van der Waals surface area (Å²) in [7, 11) is 1.39. The molecule has 1 aromatic carbocycles. The van der Waals surface area contributed by atoms with Crippen molar-refractivity contribution in [2.45, 2.75) is 39.5 Å². The average Bonchev–Trinajstić information content (AvgIpc) is 2.42. The molecule has 0 fully saturated rings. The van der Waals surface area contributed by atoms with Crippen LogP contribution >= 0.6 is 0 Å². The predicted molar refractivity (Wildman–Crippen MR) is 83.9 cm³/mol. The number of amides is 3. The highest BCUT2D eigenvalue weighted by molar-refractivity contribution is 5.87. The number of hydrogen-bond donors (Lipinski definition) is 2. The van der Waals surface area contributed by atoms with Gasteiger partial charge in [-0.3, -0.25) is 4.79 Å². The minimum Gasteiger partial charge on any atom is -0.352 e. The molecular weight excluding hydrogens is 323 g/mol. The average molecular weight is 345 g/mol. The highest BCUT2D eigenvalue weighted by Crippen LogP contribution is 2.32. The number of rotatable bonds is 4. The van der Waals surface area contributed by atoms with Crippen LogP contribution in [0.2, 0.25) is 0 Å². The van der Waals surface area contributed by atoms with Gasteiger partial charge in [-0.25, -0.2) is 4.79 Å². The van der Waals surface area contributed by atoms with Crippen LogP contribution in [0.15, 0.2) is 24.3 Å². The molecule has 1 atom stereocenters. The number of carbonyl (C=O) groups is 2. The quantitative estimate of drug-likeness (QED) is 0.880. The number of halogens is 3. The molecule has 0 aliphatic heterocycles. The van der Waals surface area contributed by atoms with E-state index in [1.54, 1.807) is 20.8 Å². The maximum Gasteiger partial charge on any atom is 0.416 e. The zero-order valence-electron chi connectivity index (χ0n) is 14.1. The molecule has 0 spiro atoms. The number of alkyl halides is 3. The highest BCUT2D eigenvalue weighted by Gasteiger charge is 2.36. The van der Waals surface area contributed by atoms with Crippen LogP contribution in [0.25, 0.3) is 0 Å². The third-order valence-corrected chi connectivity index (χ3v) is 3.51. The number of carbonyl (C=O) groups excluding carboxylic acids is 2. The van der Waals surface area contributed by atoms with Crippen LogP contribution < -0.4 is 11.1 Å². The Kier molecular flexibility index (Phi) is 5.86. The van der Waals surface area contributed by atoms with Gasteiger partial charge in [0.2, 0.25) is 5.91 Å². The van der Waals surface area contributed by atoms with Gasteiger partial charge in [0, 0.05) is 13.6 Å². The molecule has 3 amide bonds. The third kappa shape index (κ3) is 5.14. The van der Waals surface area contributed by atoms with Crippen molar-refractivity contribution < 1.29 is 22.8 Å². The molecule has 8 heteroatoms. The summed E-state index contributed by atoms with van der Waals surface area (Å²) in [5.41, 5.74) is 3.63. The Labute approximate surface area is 139 Å². The van der Waals surface area contributed by atoms with Gasteiger partial charge in [0.15, 0.2) is 0 Å². The van der Waals surface area contributed by atoms with Gasteiger partial charge in [-0.15, -0.1) is 0 Å². The van der Waals surface area contributed by atoms with Crippen molar-refractivity contribution >= 4 is 11.9 Å². The van der Waals surface area contributed by atoms with E-state index in [0.29, 0.717) is 0 Å². The molecule has 0 saturated heterocycles. The van der Waals surface area contributed by atoms with Gasteiger partial charge >= 0.3 is 12.2 Å². The van der Waals surface area contributed by atoms with Crippen LogP contribution in [0, 0.1) is 5.41 Å². The molecule has 0 unspecified atom stereocenters. The van der Waals surface area contributed by atoms with Gasteiger partial charge in [-0.05, 0) is 17.0 Å². The monoisotopic (exact) mass is 345 g/mol. The first-order valence-corrected chi connectivity index (χ1v) is 7.30. The van der Waals surface area contributed by atoms with Gasteiger partial charge in [0.25, 0.3) is 0 Å². The zero-order valence-corrected chi connectivity index (χ0v) is 14.1. The van der Waals surface area contributed by atoms with Gasteiger partial charge in [-0.2, -0.15) is 13.2 Å². The first-order chi connectivity index (χ1) is 10.8. The van der Waals surface area contributed by atoms with E-state index < -0.39 is 35.1 Å². The predicted octanol–water partition coefficient (Wildman–Crippen LogP) is 2.75. The van der Waals surface area contributed by atoms with E-state index in [2.05, 4.69) is 5.32 Å². The van der Waals surface area contributed by atoms with Crippen molar-refractivity contribution in [1.82, 2.24) is 10.2 Å². The fraction of sp³-hybridized carbons (Fsp3) is 0.500. The Morgan fingerprint density at radius 3 is 2.21 bits per heavy atom. The Morgan fingerprint density at radius 1 is 1.21 bits per heavy atom. The van der Waals surface area contributed by atoms with Crippen LogP contribution in [0.3, 0.4) is 0 Å². The van der Waals surface area contributed by atoms with Crippen LogP contribution in [0.1, 0.15) is 31.9 Å². The number of nitrogens with zero attached hydrogens (tertiary/aromatic N) is 1. The van der Waals surface area contributed by atoms with Gasteiger partial charge in [-0.1, -0.05) is 39.0 Å². The first-order valence-electron chi connectivity index (χ1n) is 7.30. The number of hydrogen-bond acceptors (Lipinski definition) is 2. The van der Waals surface area contributed by atoms with Gasteiger partial charge in [0.1, 0.15) is 6.04 Å². The van der Waals surface area contributed by atoms with Crippen LogP contribution in [0.4, 0.5) is 18.0 Å². The molecule has 0 bridgehead atoms. The Morgan fingerprint density at radius 2 is 1.75 bits per heavy atom. The number of nitrogens with one attached hydrogen (secondary N) is 1. The summed E-state index contributed by atoms with van der Waals surface area (Å²) in [6.45, 7) is 4.94. The molecule has 5 nitrogen and oxygen atoms in total. The lowest BCUT2D eigenvalue weighted by molar-refractivity contribution is -0.140. The summed E-state index contributed by atoms with van der Waals surface area (Å²) in [4.78, 5) is 24.8. The number of benzene rings is 1. The second-order valence-corrected chi connectivity index (χ2v) is 6.66. The summed E-state index contributed by atoms with van der Waals surface area (Å²) >= 11 is 0. The van der Waals surface area contributed by atoms with Crippen molar-refractivity contribution in [2.75, 3.05) is 7.05 Å². The molecule has 0 aromatic heterocycles. The number of urea groups is 1. The molecule has 1 rings (SSSR count). The molecular formula is C16H22F3N3O2. The van der Waals surface area contributed by atoms with E-state index in [9.17, 15) is 22.8 Å². The van der Waals surface area contributed by atoms with E-state index >= 15 is 0 Å². The van der Waals surface area contributed by atoms with Crippen molar-refractivity contribution in [2.24, 2.45) is 11.1 Å². The molecule has 0 saturated carbocycles. The van der Waals surface area contributed by atoms with E-state index in [1.807, 2.05) is 0 Å². The molecule has 1 aromatic rings. The topological polar surface area (TPSA) is 75.4 Å². The second kappa shape index (κ2) is 7.11. The smallest absolute Gasteiger partial charge is 0.352 e. The molecule has 134 valence electrons. The normalized spacial score (nSPS) is 13.3. The standard InChI is InChI=1S/C16H22F3N3O2/c1-15(2,3)12(21-14(20)24)13(23)22(4)9-10-7-5-6-8-11(10)16(17,18)19/h5-8,12H,9H2,1-4H3,(H3,20,21,24)/t12-/m0/s1. The zero-order chi connectivity index (χ0) is 18.7. The van der Waals surface area contributed by atoms with Gasteiger partial charge < -0.3 is 16.0 Å². The number of likely N-dealkylation sites (N-methyl/N-ethyl adjacent to an activating group) is 1. The van der Waals surface area contributed by atoms with Crippen molar-refractivity contribution in [3.63, 3.8) is 0 Å². The molecule has 24 heavy (non-hydrogen) atoms. The largest absolute Gasteiger partial charge is 0.416 e. The number of nitrogens with two attached hydrogens (primary N) is 1. The van der Waals surface area contributed by atoms with Crippen LogP contribution in [0.5, 0.6) is 0 Å².